The van der Waals surface area contributed by atoms with Crippen LogP contribution in [0.4, 0.5) is 0 Å². The van der Waals surface area contributed by atoms with E-state index < -0.39 is 0 Å². The van der Waals surface area contributed by atoms with Crippen molar-refractivity contribution < 1.29 is 4.79 Å². The molecule has 1 amide bonds. The van der Waals surface area contributed by atoms with Crippen LogP contribution in [-0.4, -0.2) is 11.6 Å². The Morgan fingerprint density at radius 1 is 1.29 bits per heavy atom. The molecule has 3 nitrogen and oxygen atoms in total. The Balaban J connectivity index is 2.32. The number of rotatable bonds is 6. The van der Waals surface area contributed by atoms with Gasteiger partial charge in [0.1, 0.15) is 0 Å². The smallest absolute Gasteiger partial charge is 0.243 e. The van der Waals surface area contributed by atoms with Crippen LogP contribution in [0.5, 0.6) is 0 Å². The molecule has 14 heavy (non-hydrogen) atoms. The number of carbonyl (C=O) groups is 1. The Labute approximate surface area is 86.0 Å². The molecule has 1 fully saturated rings. The molecule has 0 heterocycles. The van der Waals surface area contributed by atoms with Gasteiger partial charge in [-0.25, -0.2) is 5.43 Å². The van der Waals surface area contributed by atoms with Gasteiger partial charge in [-0.3, -0.25) is 4.79 Å². The Hall–Kier alpha value is -0.860. The largest absolute Gasteiger partial charge is 0.273 e. The second-order valence-corrected chi connectivity index (χ2v) is 3.93. The summed E-state index contributed by atoms with van der Waals surface area (Å²) >= 11 is 0. The van der Waals surface area contributed by atoms with E-state index in [9.17, 15) is 4.79 Å². The Morgan fingerprint density at radius 2 is 1.86 bits per heavy atom. The summed E-state index contributed by atoms with van der Waals surface area (Å²) in [6.45, 7) is 4.27. The van der Waals surface area contributed by atoms with Crippen LogP contribution in [0.2, 0.25) is 0 Å². The molecule has 0 bridgehead atoms. The molecule has 0 atom stereocenters. The van der Waals surface area contributed by atoms with Gasteiger partial charge in [-0.2, -0.15) is 5.10 Å². The van der Waals surface area contributed by atoms with Crippen molar-refractivity contribution in [3.05, 3.63) is 0 Å². The fourth-order valence-corrected chi connectivity index (χ4v) is 1.38. The van der Waals surface area contributed by atoms with E-state index in [1.807, 2.05) is 0 Å². The zero-order valence-electron chi connectivity index (χ0n) is 9.18. The lowest BCUT2D eigenvalue weighted by atomic mass is 10.1. The molecule has 3 heteroatoms. The molecule has 0 saturated heterocycles. The summed E-state index contributed by atoms with van der Waals surface area (Å²) in [5, 5.41) is 4.18. The van der Waals surface area contributed by atoms with Gasteiger partial charge in [-0.1, -0.05) is 26.7 Å². The summed E-state index contributed by atoms with van der Waals surface area (Å²) in [7, 11) is 0. The molecule has 1 aliphatic carbocycles. The highest BCUT2D eigenvalue weighted by Crippen LogP contribution is 2.28. The summed E-state index contributed by atoms with van der Waals surface area (Å²) in [5.41, 5.74) is 3.79. The average Bonchev–Trinajstić information content (AvgIpc) is 2.97. The van der Waals surface area contributed by atoms with E-state index in [2.05, 4.69) is 24.4 Å². The number of nitrogens with zero attached hydrogens (tertiary/aromatic N) is 1. The minimum absolute atomic E-state index is 0.106. The van der Waals surface area contributed by atoms with E-state index in [-0.39, 0.29) is 11.8 Å². The van der Waals surface area contributed by atoms with Crippen LogP contribution < -0.4 is 5.43 Å². The van der Waals surface area contributed by atoms with Crippen LogP contribution in [0.25, 0.3) is 0 Å². The first kappa shape index (κ1) is 11.2. The molecule has 0 aromatic carbocycles. The molecular weight excluding hydrogens is 176 g/mol. The third-order valence-corrected chi connectivity index (χ3v) is 2.35. The van der Waals surface area contributed by atoms with Gasteiger partial charge in [-0.05, 0) is 25.7 Å². The van der Waals surface area contributed by atoms with Crippen molar-refractivity contribution >= 4 is 11.6 Å². The van der Waals surface area contributed by atoms with Gasteiger partial charge < -0.3 is 0 Å². The predicted molar refractivity (Wildman–Crippen MR) is 58.1 cm³/mol. The Kier molecular flexibility index (Phi) is 4.63. The molecule has 1 N–H and O–H groups in total. The molecule has 0 aromatic heterocycles. The lowest BCUT2D eigenvalue weighted by Gasteiger charge is -2.03. The first-order chi connectivity index (χ1) is 6.77. The molecule has 0 aliphatic heterocycles. The number of hydrazone groups is 1. The summed E-state index contributed by atoms with van der Waals surface area (Å²) in [5.74, 6) is 0.359. The topological polar surface area (TPSA) is 41.5 Å². The van der Waals surface area contributed by atoms with Crippen molar-refractivity contribution in [2.45, 2.75) is 52.4 Å². The standard InChI is InChI=1S/C11H20N2O/c1-3-5-10(6-4-2)12-13-11(14)9-7-8-9/h9H,3-8H2,1-2H3,(H,13,14). The lowest BCUT2D eigenvalue weighted by Crippen LogP contribution is -2.21. The first-order valence-electron chi connectivity index (χ1n) is 5.63. The first-order valence-corrected chi connectivity index (χ1v) is 5.63. The highest BCUT2D eigenvalue weighted by molar-refractivity contribution is 5.87. The minimum atomic E-state index is 0.106. The average molecular weight is 196 g/mol. The van der Waals surface area contributed by atoms with E-state index >= 15 is 0 Å². The molecule has 0 unspecified atom stereocenters. The molecule has 1 aliphatic rings. The molecule has 1 rings (SSSR count). The monoisotopic (exact) mass is 196 g/mol. The third-order valence-electron chi connectivity index (χ3n) is 2.35. The Bertz CT molecular complexity index is 211. The lowest BCUT2D eigenvalue weighted by molar-refractivity contribution is -0.122. The maximum Gasteiger partial charge on any atom is 0.243 e. The van der Waals surface area contributed by atoms with Crippen molar-refractivity contribution in [2.75, 3.05) is 0 Å². The van der Waals surface area contributed by atoms with E-state index in [1.54, 1.807) is 0 Å². The minimum Gasteiger partial charge on any atom is -0.273 e. The van der Waals surface area contributed by atoms with Crippen LogP contribution in [0.1, 0.15) is 52.4 Å². The summed E-state index contributed by atoms with van der Waals surface area (Å²) in [4.78, 5) is 11.3. The fourth-order valence-electron chi connectivity index (χ4n) is 1.38. The van der Waals surface area contributed by atoms with Crippen LogP contribution in [0.3, 0.4) is 0 Å². The van der Waals surface area contributed by atoms with E-state index in [0.29, 0.717) is 0 Å². The van der Waals surface area contributed by atoms with Crippen LogP contribution in [-0.2, 0) is 4.79 Å². The highest BCUT2D eigenvalue weighted by Gasteiger charge is 2.29. The number of hydrogen-bond donors (Lipinski definition) is 1. The van der Waals surface area contributed by atoms with Gasteiger partial charge in [0.15, 0.2) is 0 Å². The molecular formula is C11H20N2O. The van der Waals surface area contributed by atoms with Gasteiger partial charge in [-0.15, -0.1) is 0 Å². The molecule has 1 saturated carbocycles. The predicted octanol–water partition coefficient (Wildman–Crippen LogP) is 2.47. The van der Waals surface area contributed by atoms with Gasteiger partial charge in [0.2, 0.25) is 5.91 Å². The molecule has 0 spiro atoms. The second kappa shape index (κ2) is 5.78. The van der Waals surface area contributed by atoms with Gasteiger partial charge in [0, 0.05) is 11.6 Å². The summed E-state index contributed by atoms with van der Waals surface area (Å²) < 4.78 is 0. The van der Waals surface area contributed by atoms with Crippen LogP contribution in [0.15, 0.2) is 5.10 Å². The molecule has 0 aromatic rings. The number of carbonyl (C=O) groups excluding carboxylic acids is 1. The van der Waals surface area contributed by atoms with E-state index in [1.165, 1.54) is 0 Å². The maximum atomic E-state index is 11.3. The number of hydrogen-bond acceptors (Lipinski definition) is 2. The molecule has 0 radical (unpaired) electrons. The molecule has 80 valence electrons. The van der Waals surface area contributed by atoms with E-state index in [4.69, 9.17) is 0 Å². The SMILES string of the molecule is CCCC(CCC)=NNC(=O)C1CC1. The van der Waals surface area contributed by atoms with Crippen LogP contribution in [0, 0.1) is 5.92 Å². The van der Waals surface area contributed by atoms with Crippen molar-refractivity contribution in [1.82, 2.24) is 5.43 Å². The van der Waals surface area contributed by atoms with Gasteiger partial charge in [0.25, 0.3) is 0 Å². The zero-order valence-corrected chi connectivity index (χ0v) is 9.18. The van der Waals surface area contributed by atoms with Crippen LogP contribution >= 0.6 is 0 Å². The van der Waals surface area contributed by atoms with Gasteiger partial charge in [0.05, 0.1) is 0 Å². The van der Waals surface area contributed by atoms with Crippen molar-refractivity contribution in [3.63, 3.8) is 0 Å². The van der Waals surface area contributed by atoms with Crippen molar-refractivity contribution in [2.24, 2.45) is 11.0 Å². The Morgan fingerprint density at radius 3 is 2.29 bits per heavy atom. The zero-order chi connectivity index (χ0) is 10.4. The van der Waals surface area contributed by atoms with Gasteiger partial charge >= 0.3 is 0 Å². The normalized spacial score (nSPS) is 15.0. The highest BCUT2D eigenvalue weighted by atomic mass is 16.2. The second-order valence-electron chi connectivity index (χ2n) is 3.93. The fraction of sp³-hybridized carbons (Fsp3) is 0.818. The number of amides is 1. The summed E-state index contributed by atoms with van der Waals surface area (Å²) in [6, 6.07) is 0. The quantitative estimate of drug-likeness (QED) is 0.514. The van der Waals surface area contributed by atoms with Crippen molar-refractivity contribution in [1.29, 1.82) is 0 Å². The maximum absolute atomic E-state index is 11.3. The number of nitrogens with one attached hydrogen (secondary N) is 1. The summed E-state index contributed by atoms with van der Waals surface area (Å²) in [6.07, 6.45) is 6.27. The van der Waals surface area contributed by atoms with E-state index in [0.717, 1.165) is 44.2 Å². The van der Waals surface area contributed by atoms with Crippen molar-refractivity contribution in [3.8, 4) is 0 Å². The third kappa shape index (κ3) is 3.90.